The number of aromatic amines is 2. The lowest BCUT2D eigenvalue weighted by Crippen LogP contribution is -2.25. The van der Waals surface area contributed by atoms with Crippen LogP contribution in [0.3, 0.4) is 0 Å². The van der Waals surface area contributed by atoms with Gasteiger partial charge in [-0.05, 0) is 80.3 Å². The van der Waals surface area contributed by atoms with Gasteiger partial charge in [-0.25, -0.2) is 0 Å². The molecular formula is C48H56N4O6. The van der Waals surface area contributed by atoms with Crippen molar-refractivity contribution in [3.05, 3.63) is 139 Å². The molecule has 0 bridgehead atoms. The van der Waals surface area contributed by atoms with E-state index in [9.17, 15) is 29.4 Å². The maximum atomic E-state index is 13.1. The molecule has 0 unspecified atom stereocenters. The Morgan fingerprint density at radius 3 is 1.22 bits per heavy atom. The Labute approximate surface area is 352 Å². The molecule has 0 radical (unpaired) electrons. The van der Waals surface area contributed by atoms with Crippen molar-refractivity contribution in [1.82, 2.24) is 9.97 Å². The summed E-state index contributed by atoms with van der Waals surface area (Å²) >= 11 is 0. The first-order chi connectivity index (χ1) is 30.5. The number of rotatable bonds is 4. The van der Waals surface area contributed by atoms with Crippen molar-refractivity contribution in [2.45, 2.75) is 105 Å². The minimum absolute atomic E-state index is 0.0305. The van der Waals surface area contributed by atoms with E-state index in [-0.39, 0.29) is 49.8 Å². The van der Waals surface area contributed by atoms with Crippen molar-refractivity contribution in [3.63, 3.8) is 0 Å². The van der Waals surface area contributed by atoms with Crippen LogP contribution in [0.15, 0.2) is 94.8 Å². The smallest absolute Gasteiger partial charge is 0.261 e. The highest BCUT2D eigenvalue weighted by Gasteiger charge is 2.28. The van der Waals surface area contributed by atoms with Crippen LogP contribution in [-0.4, -0.2) is 32.0 Å². The Bertz CT molecular complexity index is 2970. The summed E-state index contributed by atoms with van der Waals surface area (Å²) in [6, 6.07) is 19.1. The number of phenols is 2. The minimum atomic E-state index is -3.58. The monoisotopic (exact) mass is 793 g/mol. The van der Waals surface area contributed by atoms with E-state index in [2.05, 4.69) is 20.6 Å². The normalized spacial score (nSPS) is 15.2. The van der Waals surface area contributed by atoms with Gasteiger partial charge in [0.25, 0.3) is 11.8 Å². The molecule has 6 rings (SSSR count). The number of hydrogen-bond acceptors (Lipinski definition) is 6. The largest absolute Gasteiger partial charge is 0.508 e. The molecule has 0 atom stereocenters. The van der Waals surface area contributed by atoms with Gasteiger partial charge in [-0.15, -0.1) is 0 Å². The first-order valence-electron chi connectivity index (χ1n) is 23.1. The highest BCUT2D eigenvalue weighted by Crippen LogP contribution is 2.41. The van der Waals surface area contributed by atoms with E-state index in [0.717, 1.165) is 23.3 Å². The summed E-state index contributed by atoms with van der Waals surface area (Å²) < 4.78 is 71.7. The van der Waals surface area contributed by atoms with Crippen LogP contribution in [-0.2, 0) is 21.7 Å². The van der Waals surface area contributed by atoms with Crippen molar-refractivity contribution in [2.24, 2.45) is 0 Å². The number of fused-ring (bicyclic) bond motifs is 2. The van der Waals surface area contributed by atoms with E-state index < -0.39 is 59.9 Å². The number of phenolic OH excluding ortho intramolecular Hbond substituents is 2. The van der Waals surface area contributed by atoms with Crippen molar-refractivity contribution in [2.75, 3.05) is 10.6 Å². The molecule has 0 aliphatic carbocycles. The Morgan fingerprint density at radius 2 is 0.879 bits per heavy atom. The molecule has 10 heteroatoms. The minimum Gasteiger partial charge on any atom is -0.508 e. The average molecular weight is 794 g/mol. The molecule has 2 amide bonds. The van der Waals surface area contributed by atoms with Gasteiger partial charge in [-0.3, -0.25) is 19.2 Å². The molecule has 0 spiro atoms. The van der Waals surface area contributed by atoms with Gasteiger partial charge in [-0.2, -0.15) is 0 Å². The lowest BCUT2D eigenvalue weighted by Gasteiger charge is -2.28. The van der Waals surface area contributed by atoms with Gasteiger partial charge in [0.2, 0.25) is 10.9 Å². The molecule has 0 aliphatic rings. The second-order valence-electron chi connectivity index (χ2n) is 17.4. The molecule has 0 aliphatic heterocycles. The number of pyridine rings is 2. The number of benzene rings is 4. The van der Waals surface area contributed by atoms with E-state index in [4.69, 9.17) is 12.3 Å². The summed E-state index contributed by atoms with van der Waals surface area (Å²) in [4.78, 5) is 57.6. The molecule has 0 saturated carbocycles. The lowest BCUT2D eigenvalue weighted by molar-refractivity contribution is 0.101. The van der Waals surface area contributed by atoms with E-state index in [1.54, 1.807) is 69.3 Å². The van der Waals surface area contributed by atoms with Crippen molar-refractivity contribution >= 4 is 45.0 Å². The summed E-state index contributed by atoms with van der Waals surface area (Å²) in [7, 11) is 0. The van der Waals surface area contributed by atoms with Crippen LogP contribution in [0.25, 0.3) is 21.8 Å². The number of para-hydroxylation sites is 2. The fourth-order valence-corrected chi connectivity index (χ4v) is 6.58. The molecule has 2 heterocycles. The number of aromatic nitrogens is 2. The summed E-state index contributed by atoms with van der Waals surface area (Å²) in [6.45, 7) is 6.48. The van der Waals surface area contributed by atoms with Crippen LogP contribution >= 0.6 is 0 Å². The molecule has 58 heavy (non-hydrogen) atoms. The Morgan fingerprint density at radius 1 is 0.534 bits per heavy atom. The zero-order valence-electron chi connectivity index (χ0n) is 43.1. The SMILES string of the molecule is CC(C)(C)c1cc(C(C)(C)C)c(NC(=O)c2c[nH]c3ccccc3c2=O)cc1O.[2H]C([2H])([2H])C(c1cc(C(C)(C)C)c(NC(=O)c2c[nH]c3ccccc3c2=O)cc1O)(C([2H])([2H])[2H])C([2H])([2H])[2H]. The number of hydrogen-bond donors (Lipinski definition) is 6. The molecule has 304 valence electrons. The Balaban J connectivity index is 0.000000260. The quantitative estimate of drug-likeness (QED) is 0.104. The van der Waals surface area contributed by atoms with Crippen LogP contribution in [0.5, 0.6) is 11.5 Å². The van der Waals surface area contributed by atoms with Gasteiger partial charge < -0.3 is 30.8 Å². The first-order valence-corrected chi connectivity index (χ1v) is 18.6. The summed E-state index contributed by atoms with van der Waals surface area (Å²) in [5.41, 5.74) is -3.26. The zero-order chi connectivity index (χ0) is 50.6. The van der Waals surface area contributed by atoms with Crippen LogP contribution in [0.2, 0.25) is 0 Å². The number of anilines is 2. The summed E-state index contributed by atoms with van der Waals surface area (Å²) in [5, 5.41) is 27.6. The number of aromatic hydroxyl groups is 2. The van der Waals surface area contributed by atoms with Crippen molar-refractivity contribution in [3.8, 4) is 11.5 Å². The maximum Gasteiger partial charge on any atom is 0.261 e. The van der Waals surface area contributed by atoms with E-state index in [1.165, 1.54) is 12.4 Å². The topological polar surface area (TPSA) is 164 Å². The second kappa shape index (κ2) is 15.6. The van der Waals surface area contributed by atoms with Gasteiger partial charge in [0.15, 0.2) is 0 Å². The summed E-state index contributed by atoms with van der Waals surface area (Å²) in [5.74, 6) is -2.17. The molecule has 6 N–H and O–H groups in total. The predicted octanol–water partition coefficient (Wildman–Crippen LogP) is 10.2. The Kier molecular flexibility index (Phi) is 8.60. The van der Waals surface area contributed by atoms with Crippen LogP contribution in [0.1, 0.15) is 138 Å². The highest BCUT2D eigenvalue weighted by atomic mass is 16.3. The first kappa shape index (κ1) is 31.9. The van der Waals surface area contributed by atoms with Gasteiger partial charge in [0, 0.05) is 70.0 Å². The zero-order valence-corrected chi connectivity index (χ0v) is 34.1. The fraction of sp³-hybridized carbons (Fsp3) is 0.333. The van der Waals surface area contributed by atoms with E-state index in [1.807, 2.05) is 53.7 Å². The van der Waals surface area contributed by atoms with Crippen molar-refractivity contribution in [1.29, 1.82) is 0 Å². The predicted molar refractivity (Wildman–Crippen MR) is 236 cm³/mol. The molecule has 0 saturated heterocycles. The van der Waals surface area contributed by atoms with Crippen LogP contribution in [0, 0.1) is 0 Å². The average Bonchev–Trinajstić information content (AvgIpc) is 3.16. The number of carbonyl (C=O) groups is 2. The third-order valence-electron chi connectivity index (χ3n) is 9.66. The third-order valence-corrected chi connectivity index (χ3v) is 9.66. The number of carbonyl (C=O) groups excluding carboxylic acids is 2. The van der Waals surface area contributed by atoms with Crippen LogP contribution in [0.4, 0.5) is 11.4 Å². The third kappa shape index (κ3) is 9.17. The molecule has 4 aromatic carbocycles. The molecule has 0 fully saturated rings. The Hall–Kier alpha value is -6.16. The fourth-order valence-electron chi connectivity index (χ4n) is 6.58. The molecule has 2 aromatic heterocycles. The van der Waals surface area contributed by atoms with Crippen LogP contribution < -0.4 is 21.5 Å². The van der Waals surface area contributed by atoms with E-state index in [0.29, 0.717) is 22.1 Å². The summed E-state index contributed by atoms with van der Waals surface area (Å²) in [6.07, 6.45) is 2.66. The van der Waals surface area contributed by atoms with Crippen molar-refractivity contribution < 1.29 is 32.1 Å². The highest BCUT2D eigenvalue weighted by molar-refractivity contribution is 6.07. The molecular weight excluding hydrogens is 729 g/mol. The molecule has 6 aromatic rings. The van der Waals surface area contributed by atoms with Gasteiger partial charge in [0.05, 0.1) is 0 Å². The number of H-pyrrole nitrogens is 2. The number of amides is 2. The lowest BCUT2D eigenvalue weighted by atomic mass is 9.79. The maximum absolute atomic E-state index is 13.1. The van der Waals surface area contributed by atoms with E-state index >= 15 is 0 Å². The standard InChI is InChI=1S/2C24H28N2O3/c2*1-23(2,3)16-11-17(24(4,5)6)20(27)12-19(16)26-22(29)15-13-25-18-10-8-7-9-14(18)21(15)28/h2*7-13,27H,1-6H3,(H,25,28)(H,26,29)/i4D3,5D3,6D3;. The molecule has 10 nitrogen and oxygen atoms in total. The number of nitrogens with one attached hydrogen (secondary N) is 4. The van der Waals surface area contributed by atoms with Gasteiger partial charge >= 0.3 is 0 Å². The second-order valence-corrected chi connectivity index (χ2v) is 17.4. The van der Waals surface area contributed by atoms with Gasteiger partial charge in [-0.1, -0.05) is 107 Å². The van der Waals surface area contributed by atoms with Gasteiger partial charge in [0.1, 0.15) is 22.6 Å².